The summed E-state index contributed by atoms with van der Waals surface area (Å²) in [7, 11) is 0. The van der Waals surface area contributed by atoms with E-state index in [1.807, 2.05) is 45.0 Å². The Morgan fingerprint density at radius 1 is 1.10 bits per heavy atom. The van der Waals surface area contributed by atoms with Crippen molar-refractivity contribution in [3.05, 3.63) is 57.9 Å². The highest BCUT2D eigenvalue weighted by molar-refractivity contribution is 6.67. The largest absolute Gasteiger partial charge is 0.305 e. The van der Waals surface area contributed by atoms with E-state index in [2.05, 4.69) is 0 Å². The minimum atomic E-state index is -0.722. The lowest BCUT2D eigenvalue weighted by Crippen LogP contribution is -2.27. The molecule has 0 atom stereocenters. The molecule has 2 rings (SSSR count). The van der Waals surface area contributed by atoms with Crippen LogP contribution in [0.25, 0.3) is 11.3 Å². The standard InChI is InChI=1S/C16H16ClNO2/c1-10(2)18-14(12-6-4-11(3)5-7-12)9-8-13(15(17)19)16(18)20/h4-10H,1-3H3. The Morgan fingerprint density at radius 3 is 2.20 bits per heavy atom. The molecule has 1 heterocycles. The van der Waals surface area contributed by atoms with E-state index in [1.165, 1.54) is 6.07 Å². The van der Waals surface area contributed by atoms with Crippen molar-refractivity contribution in [3.8, 4) is 11.3 Å². The molecule has 0 N–H and O–H groups in total. The number of hydrogen-bond acceptors (Lipinski definition) is 2. The van der Waals surface area contributed by atoms with Gasteiger partial charge in [0.2, 0.25) is 0 Å². The maximum Gasteiger partial charge on any atom is 0.263 e. The Labute approximate surface area is 122 Å². The molecule has 20 heavy (non-hydrogen) atoms. The zero-order chi connectivity index (χ0) is 14.9. The number of benzene rings is 1. The van der Waals surface area contributed by atoms with Gasteiger partial charge in [0.05, 0.1) is 11.3 Å². The molecule has 0 amide bonds. The first-order chi connectivity index (χ1) is 9.41. The molecule has 0 spiro atoms. The van der Waals surface area contributed by atoms with E-state index < -0.39 is 5.24 Å². The molecule has 0 aliphatic carbocycles. The summed E-state index contributed by atoms with van der Waals surface area (Å²) in [5.74, 6) is 0. The highest BCUT2D eigenvalue weighted by Crippen LogP contribution is 2.22. The molecular formula is C16H16ClNO2. The monoisotopic (exact) mass is 289 g/mol. The third kappa shape index (κ3) is 2.68. The third-order valence-electron chi connectivity index (χ3n) is 3.19. The molecule has 0 fully saturated rings. The van der Waals surface area contributed by atoms with Gasteiger partial charge in [-0.05, 0) is 50.1 Å². The van der Waals surface area contributed by atoms with Gasteiger partial charge in [0, 0.05) is 6.04 Å². The highest BCUT2D eigenvalue weighted by Gasteiger charge is 2.16. The number of rotatable bonds is 3. The Morgan fingerprint density at radius 2 is 1.70 bits per heavy atom. The van der Waals surface area contributed by atoms with E-state index >= 15 is 0 Å². The van der Waals surface area contributed by atoms with Crippen molar-refractivity contribution in [1.29, 1.82) is 0 Å². The molecule has 0 saturated heterocycles. The van der Waals surface area contributed by atoms with Crippen LogP contribution in [0.4, 0.5) is 0 Å². The zero-order valence-electron chi connectivity index (χ0n) is 11.7. The topological polar surface area (TPSA) is 39.1 Å². The molecule has 0 unspecified atom stereocenters. The van der Waals surface area contributed by atoms with Gasteiger partial charge in [-0.3, -0.25) is 9.59 Å². The first-order valence-corrected chi connectivity index (χ1v) is 6.82. The zero-order valence-corrected chi connectivity index (χ0v) is 12.4. The second-order valence-electron chi connectivity index (χ2n) is 5.04. The first kappa shape index (κ1) is 14.5. The van der Waals surface area contributed by atoms with E-state index in [4.69, 9.17) is 11.6 Å². The number of halogens is 1. The maximum absolute atomic E-state index is 12.4. The molecular weight excluding hydrogens is 274 g/mol. The van der Waals surface area contributed by atoms with Crippen LogP contribution in [0.5, 0.6) is 0 Å². The summed E-state index contributed by atoms with van der Waals surface area (Å²) in [5, 5.41) is -0.722. The molecule has 0 radical (unpaired) electrons. The summed E-state index contributed by atoms with van der Waals surface area (Å²) in [6, 6.07) is 11.1. The van der Waals surface area contributed by atoms with Gasteiger partial charge in [0.15, 0.2) is 0 Å². The average molecular weight is 290 g/mol. The molecule has 0 aliphatic rings. The highest BCUT2D eigenvalue weighted by atomic mass is 35.5. The lowest BCUT2D eigenvalue weighted by Gasteiger charge is -2.17. The number of aromatic nitrogens is 1. The second-order valence-corrected chi connectivity index (χ2v) is 5.38. The van der Waals surface area contributed by atoms with Gasteiger partial charge in [-0.1, -0.05) is 29.8 Å². The molecule has 104 valence electrons. The normalized spacial score (nSPS) is 10.8. The SMILES string of the molecule is Cc1ccc(-c2ccc(C(=O)Cl)c(=O)n2C(C)C)cc1. The van der Waals surface area contributed by atoms with Crippen molar-refractivity contribution in [2.24, 2.45) is 0 Å². The maximum atomic E-state index is 12.4. The summed E-state index contributed by atoms with van der Waals surface area (Å²) < 4.78 is 1.60. The van der Waals surface area contributed by atoms with Crippen LogP contribution in [0.3, 0.4) is 0 Å². The minimum absolute atomic E-state index is 0.0104. The van der Waals surface area contributed by atoms with Crippen LogP contribution in [-0.4, -0.2) is 9.81 Å². The van der Waals surface area contributed by atoms with Gasteiger partial charge in [-0.25, -0.2) is 0 Å². The van der Waals surface area contributed by atoms with Crippen molar-refractivity contribution < 1.29 is 4.79 Å². The Hall–Kier alpha value is -1.87. The van der Waals surface area contributed by atoms with E-state index in [9.17, 15) is 9.59 Å². The molecule has 3 nitrogen and oxygen atoms in total. The van der Waals surface area contributed by atoms with Crippen molar-refractivity contribution in [1.82, 2.24) is 4.57 Å². The average Bonchev–Trinajstić information content (AvgIpc) is 2.38. The van der Waals surface area contributed by atoms with E-state index in [-0.39, 0.29) is 17.2 Å². The smallest absolute Gasteiger partial charge is 0.263 e. The minimum Gasteiger partial charge on any atom is -0.305 e. The van der Waals surface area contributed by atoms with Crippen molar-refractivity contribution >= 4 is 16.8 Å². The fraction of sp³-hybridized carbons (Fsp3) is 0.250. The lowest BCUT2D eigenvalue weighted by molar-refractivity contribution is 0.107. The van der Waals surface area contributed by atoms with Crippen molar-refractivity contribution in [2.75, 3.05) is 0 Å². The Balaban J connectivity index is 2.71. The molecule has 0 saturated carbocycles. The predicted octanol–water partition coefficient (Wildman–Crippen LogP) is 3.78. The molecule has 0 aliphatic heterocycles. The number of aryl methyl sites for hydroxylation is 1. The quantitative estimate of drug-likeness (QED) is 0.807. The Kier molecular flexibility index (Phi) is 4.09. The molecule has 0 bridgehead atoms. The lowest BCUT2D eigenvalue weighted by atomic mass is 10.1. The second kappa shape index (κ2) is 5.63. The first-order valence-electron chi connectivity index (χ1n) is 6.44. The fourth-order valence-corrected chi connectivity index (χ4v) is 2.32. The van der Waals surface area contributed by atoms with Crippen LogP contribution in [0.2, 0.25) is 0 Å². The predicted molar refractivity (Wildman–Crippen MR) is 81.4 cm³/mol. The summed E-state index contributed by atoms with van der Waals surface area (Å²) in [4.78, 5) is 23.7. The molecule has 4 heteroatoms. The van der Waals surface area contributed by atoms with Gasteiger partial charge in [-0.2, -0.15) is 0 Å². The van der Waals surface area contributed by atoms with Crippen LogP contribution >= 0.6 is 11.6 Å². The number of hydrogen-bond donors (Lipinski definition) is 0. The van der Waals surface area contributed by atoms with E-state index in [0.29, 0.717) is 0 Å². The Bertz CT molecular complexity index is 699. The number of carbonyl (C=O) groups excluding carboxylic acids is 1. The van der Waals surface area contributed by atoms with Gasteiger partial charge in [-0.15, -0.1) is 0 Å². The van der Waals surface area contributed by atoms with Crippen LogP contribution in [0.1, 0.15) is 35.8 Å². The summed E-state index contributed by atoms with van der Waals surface area (Å²) in [5.41, 5.74) is 2.54. The van der Waals surface area contributed by atoms with Gasteiger partial charge in [0.25, 0.3) is 10.8 Å². The molecule has 1 aromatic carbocycles. The van der Waals surface area contributed by atoms with Crippen LogP contribution in [0, 0.1) is 6.92 Å². The summed E-state index contributed by atoms with van der Waals surface area (Å²) in [6.07, 6.45) is 0. The number of carbonyl (C=O) groups is 1. The third-order valence-corrected chi connectivity index (χ3v) is 3.40. The van der Waals surface area contributed by atoms with E-state index in [0.717, 1.165) is 16.8 Å². The fourth-order valence-electron chi connectivity index (χ4n) is 2.17. The van der Waals surface area contributed by atoms with E-state index in [1.54, 1.807) is 10.6 Å². The summed E-state index contributed by atoms with van der Waals surface area (Å²) >= 11 is 5.45. The van der Waals surface area contributed by atoms with Crippen molar-refractivity contribution in [2.45, 2.75) is 26.8 Å². The summed E-state index contributed by atoms with van der Waals surface area (Å²) in [6.45, 7) is 5.82. The van der Waals surface area contributed by atoms with Crippen molar-refractivity contribution in [3.63, 3.8) is 0 Å². The number of pyridine rings is 1. The van der Waals surface area contributed by atoms with Gasteiger partial charge in [0.1, 0.15) is 0 Å². The number of nitrogens with zero attached hydrogens (tertiary/aromatic N) is 1. The molecule has 2 aromatic rings. The van der Waals surface area contributed by atoms with Crippen LogP contribution < -0.4 is 5.56 Å². The molecule has 1 aromatic heterocycles. The van der Waals surface area contributed by atoms with Crippen LogP contribution in [-0.2, 0) is 0 Å². The van der Waals surface area contributed by atoms with Crippen LogP contribution in [0.15, 0.2) is 41.2 Å². The van der Waals surface area contributed by atoms with Gasteiger partial charge < -0.3 is 4.57 Å². The van der Waals surface area contributed by atoms with Gasteiger partial charge >= 0.3 is 0 Å².